The number of hydrogen-bond acceptors (Lipinski definition) is 8. The molecule has 0 fully saturated rings. The van der Waals surface area contributed by atoms with Crippen molar-refractivity contribution in [3.63, 3.8) is 0 Å². The maximum absolute atomic E-state index is 13.0. The first kappa shape index (κ1) is 30.4. The molecule has 0 aliphatic carbocycles. The van der Waals surface area contributed by atoms with Gasteiger partial charge in [-0.25, -0.2) is 18.4 Å². The Hall–Kier alpha value is -4.51. The van der Waals surface area contributed by atoms with Gasteiger partial charge in [-0.05, 0) is 72.9 Å². The zero-order valence-corrected chi connectivity index (χ0v) is 24.7. The van der Waals surface area contributed by atoms with Crippen LogP contribution in [0.15, 0.2) is 90.1 Å². The molecule has 0 atom stereocenters. The molecule has 10 nitrogen and oxygen atoms in total. The SMILES string of the molecule is CCCC(CCC)c1ccccc1C(=O)NCCNc1nccc(Nc2ccc(S(=O)(=O)Nc3ccccn3)cc2)n1. The fourth-order valence-corrected chi connectivity index (χ4v) is 5.66. The van der Waals surface area contributed by atoms with Crippen molar-refractivity contribution in [2.45, 2.75) is 50.3 Å². The van der Waals surface area contributed by atoms with Crippen LogP contribution in [0.1, 0.15) is 61.4 Å². The third-order valence-electron chi connectivity index (χ3n) is 6.61. The molecule has 2 heterocycles. The summed E-state index contributed by atoms with van der Waals surface area (Å²) >= 11 is 0. The molecule has 42 heavy (non-hydrogen) atoms. The van der Waals surface area contributed by atoms with Gasteiger partial charge in [0, 0.05) is 36.7 Å². The summed E-state index contributed by atoms with van der Waals surface area (Å²) in [5, 5.41) is 9.29. The minimum absolute atomic E-state index is 0.0818. The Morgan fingerprint density at radius 1 is 0.810 bits per heavy atom. The van der Waals surface area contributed by atoms with E-state index >= 15 is 0 Å². The quantitative estimate of drug-likeness (QED) is 0.125. The van der Waals surface area contributed by atoms with Gasteiger partial charge in [-0.15, -0.1) is 0 Å². The van der Waals surface area contributed by atoms with Gasteiger partial charge < -0.3 is 16.0 Å². The number of carbonyl (C=O) groups excluding carboxylic acids is 1. The molecule has 0 radical (unpaired) electrons. The molecule has 1 amide bonds. The Morgan fingerprint density at radius 2 is 1.55 bits per heavy atom. The second-order valence-electron chi connectivity index (χ2n) is 9.78. The van der Waals surface area contributed by atoms with E-state index < -0.39 is 10.0 Å². The second kappa shape index (κ2) is 14.9. The predicted molar refractivity (Wildman–Crippen MR) is 167 cm³/mol. The number of rotatable bonds is 15. The molecule has 0 saturated carbocycles. The molecule has 2 aromatic carbocycles. The van der Waals surface area contributed by atoms with Crippen molar-refractivity contribution < 1.29 is 13.2 Å². The number of nitrogens with one attached hydrogen (secondary N) is 4. The molecule has 0 unspecified atom stereocenters. The molecule has 2 aromatic heterocycles. The highest BCUT2D eigenvalue weighted by atomic mass is 32.2. The molecule has 0 saturated heterocycles. The highest BCUT2D eigenvalue weighted by molar-refractivity contribution is 7.92. The molecule has 220 valence electrons. The lowest BCUT2D eigenvalue weighted by Crippen LogP contribution is -2.30. The summed E-state index contributed by atoms with van der Waals surface area (Å²) in [5.74, 6) is 1.48. The highest BCUT2D eigenvalue weighted by Gasteiger charge is 2.18. The lowest BCUT2D eigenvalue weighted by molar-refractivity contribution is 0.0953. The van der Waals surface area contributed by atoms with Crippen molar-refractivity contribution in [2.75, 3.05) is 28.4 Å². The van der Waals surface area contributed by atoms with Crippen molar-refractivity contribution in [1.82, 2.24) is 20.3 Å². The average Bonchev–Trinajstić information content (AvgIpc) is 3.00. The predicted octanol–water partition coefficient (Wildman–Crippen LogP) is 5.94. The largest absolute Gasteiger partial charge is 0.352 e. The number of benzene rings is 2. The van der Waals surface area contributed by atoms with Gasteiger partial charge in [0.25, 0.3) is 15.9 Å². The summed E-state index contributed by atoms with van der Waals surface area (Å²) in [4.78, 5) is 25.8. The Balaban J connectivity index is 1.30. The molecule has 0 aliphatic rings. The third-order valence-corrected chi connectivity index (χ3v) is 7.98. The Morgan fingerprint density at radius 3 is 2.26 bits per heavy atom. The molecule has 4 N–H and O–H groups in total. The van der Waals surface area contributed by atoms with E-state index in [-0.39, 0.29) is 16.6 Å². The molecule has 11 heteroatoms. The summed E-state index contributed by atoms with van der Waals surface area (Å²) in [7, 11) is -3.76. The molecule has 4 aromatic rings. The average molecular weight is 588 g/mol. The van der Waals surface area contributed by atoms with E-state index in [1.54, 1.807) is 42.6 Å². The normalized spacial score (nSPS) is 11.2. The van der Waals surface area contributed by atoms with Gasteiger partial charge in [-0.3, -0.25) is 9.52 Å². The third kappa shape index (κ3) is 8.50. The molecule has 0 spiro atoms. The fraction of sp³-hybridized carbons (Fsp3) is 0.290. The van der Waals surface area contributed by atoms with Gasteiger partial charge in [-0.1, -0.05) is 51.0 Å². The first-order valence-corrected chi connectivity index (χ1v) is 15.6. The van der Waals surface area contributed by atoms with Gasteiger partial charge >= 0.3 is 0 Å². The molecule has 0 bridgehead atoms. The van der Waals surface area contributed by atoms with E-state index in [1.807, 2.05) is 18.2 Å². The minimum Gasteiger partial charge on any atom is -0.352 e. The standard InChI is InChI=1S/C31H37N7O3S/c1-3-9-23(10-4-2)26-11-5-6-12-27(26)30(39)33-21-22-35-31-34-20-18-29(37-31)36-24-14-16-25(17-15-24)42(40,41)38-28-13-7-8-19-32-28/h5-8,11-20,23H,3-4,9-10,21-22H2,1-2H3,(H,32,38)(H,33,39)(H2,34,35,36,37). The van der Waals surface area contributed by atoms with E-state index in [0.717, 1.165) is 36.8 Å². The van der Waals surface area contributed by atoms with Gasteiger partial charge in [0.2, 0.25) is 5.95 Å². The number of carbonyl (C=O) groups is 1. The number of pyridine rings is 1. The van der Waals surface area contributed by atoms with Gasteiger partial charge in [0.15, 0.2) is 0 Å². The summed E-state index contributed by atoms with van der Waals surface area (Å²) in [5.41, 5.74) is 2.51. The fourth-order valence-electron chi connectivity index (χ4n) is 4.66. The molecule has 0 aliphatic heterocycles. The van der Waals surface area contributed by atoms with Crippen LogP contribution in [0.4, 0.5) is 23.3 Å². The minimum atomic E-state index is -3.76. The van der Waals surface area contributed by atoms with Crippen LogP contribution in [0.2, 0.25) is 0 Å². The second-order valence-corrected chi connectivity index (χ2v) is 11.5. The van der Waals surface area contributed by atoms with Crippen LogP contribution in [-0.4, -0.2) is 42.4 Å². The van der Waals surface area contributed by atoms with Crippen molar-refractivity contribution in [3.8, 4) is 0 Å². The Kier molecular flexibility index (Phi) is 10.8. The molecular formula is C31H37N7O3S. The number of hydrogen-bond donors (Lipinski definition) is 4. The van der Waals surface area contributed by atoms with E-state index in [4.69, 9.17) is 0 Å². The lowest BCUT2D eigenvalue weighted by atomic mass is 9.87. The number of anilines is 4. The maximum Gasteiger partial charge on any atom is 0.263 e. The number of amides is 1. The smallest absolute Gasteiger partial charge is 0.263 e. The number of aromatic nitrogens is 3. The van der Waals surface area contributed by atoms with E-state index in [2.05, 4.69) is 55.5 Å². The first-order chi connectivity index (χ1) is 20.4. The molecule has 4 rings (SSSR count). The van der Waals surface area contributed by atoms with Crippen LogP contribution in [0, 0.1) is 0 Å². The summed E-state index contributed by atoms with van der Waals surface area (Å²) in [6.07, 6.45) is 7.42. The van der Waals surface area contributed by atoms with Gasteiger partial charge in [0.1, 0.15) is 11.6 Å². The number of nitrogens with zero attached hydrogens (tertiary/aromatic N) is 3. The van der Waals surface area contributed by atoms with Crippen LogP contribution in [0.25, 0.3) is 0 Å². The number of sulfonamides is 1. The zero-order valence-electron chi connectivity index (χ0n) is 23.9. The summed E-state index contributed by atoms with van der Waals surface area (Å²) < 4.78 is 27.7. The van der Waals surface area contributed by atoms with Crippen molar-refractivity contribution >= 4 is 39.2 Å². The van der Waals surface area contributed by atoms with E-state index in [1.165, 1.54) is 18.3 Å². The van der Waals surface area contributed by atoms with Crippen LogP contribution in [0.3, 0.4) is 0 Å². The van der Waals surface area contributed by atoms with E-state index in [9.17, 15) is 13.2 Å². The van der Waals surface area contributed by atoms with Crippen molar-refractivity contribution in [1.29, 1.82) is 0 Å². The van der Waals surface area contributed by atoms with E-state index in [0.29, 0.717) is 36.5 Å². The Labute approximate surface area is 247 Å². The van der Waals surface area contributed by atoms with Crippen LogP contribution >= 0.6 is 0 Å². The van der Waals surface area contributed by atoms with Crippen LogP contribution in [0.5, 0.6) is 0 Å². The lowest BCUT2D eigenvalue weighted by Gasteiger charge is -2.19. The van der Waals surface area contributed by atoms with Gasteiger partial charge in [-0.2, -0.15) is 4.98 Å². The van der Waals surface area contributed by atoms with Crippen molar-refractivity contribution in [3.05, 3.63) is 96.3 Å². The van der Waals surface area contributed by atoms with Crippen LogP contribution < -0.4 is 20.7 Å². The topological polar surface area (TPSA) is 138 Å². The highest BCUT2D eigenvalue weighted by Crippen LogP contribution is 2.29. The summed E-state index contributed by atoms with van der Waals surface area (Å²) in [6.45, 7) is 5.20. The molecular weight excluding hydrogens is 550 g/mol. The van der Waals surface area contributed by atoms with Crippen molar-refractivity contribution in [2.24, 2.45) is 0 Å². The zero-order chi connectivity index (χ0) is 29.8. The summed E-state index contributed by atoms with van der Waals surface area (Å²) in [6, 6.07) is 20.9. The van der Waals surface area contributed by atoms with Gasteiger partial charge in [0.05, 0.1) is 4.90 Å². The monoisotopic (exact) mass is 587 g/mol. The van der Waals surface area contributed by atoms with Crippen LogP contribution in [-0.2, 0) is 10.0 Å². The first-order valence-electron chi connectivity index (χ1n) is 14.1. The Bertz CT molecular complexity index is 1540. The maximum atomic E-state index is 13.0.